The van der Waals surface area contributed by atoms with E-state index < -0.39 is 28.6 Å². The molecule has 3 aromatic carbocycles. The van der Waals surface area contributed by atoms with Crippen LogP contribution >= 0.6 is 11.6 Å². The summed E-state index contributed by atoms with van der Waals surface area (Å²) in [6.45, 7) is 17.8. The number of halogens is 4. The number of aliphatic imine (C=N–C) groups is 1. The van der Waals surface area contributed by atoms with Gasteiger partial charge in [-0.05, 0) is 92.1 Å². The van der Waals surface area contributed by atoms with Gasteiger partial charge in [-0.15, -0.1) is 5.12 Å². The summed E-state index contributed by atoms with van der Waals surface area (Å²) in [6, 6.07) is 15.6. The fourth-order valence-corrected chi connectivity index (χ4v) is 9.26. The Bertz CT molecular complexity index is 1900. The lowest BCUT2D eigenvalue weighted by Crippen LogP contribution is -2.61. The molecule has 2 fully saturated rings. The van der Waals surface area contributed by atoms with E-state index in [0.717, 1.165) is 69.5 Å². The number of aldehydes is 1. The highest BCUT2D eigenvalue weighted by Gasteiger charge is 2.49. The molecule has 0 bridgehead atoms. The van der Waals surface area contributed by atoms with Gasteiger partial charge in [-0.25, -0.2) is 8.78 Å². The molecule has 1 spiro atoms. The van der Waals surface area contributed by atoms with Gasteiger partial charge in [0.25, 0.3) is 5.91 Å². The molecule has 3 aliphatic rings. The average Bonchev–Trinajstić information content (AvgIpc) is 3.72. The molecule has 0 aliphatic carbocycles. The molecule has 3 aliphatic heterocycles. The van der Waals surface area contributed by atoms with Gasteiger partial charge in [0, 0.05) is 80.0 Å². The second kappa shape index (κ2) is 17.9. The summed E-state index contributed by atoms with van der Waals surface area (Å²) in [5.41, 5.74) is 5.41. The summed E-state index contributed by atoms with van der Waals surface area (Å²) < 4.78 is 43.8. The molecular weight excluding hydrogens is 739 g/mol. The Morgan fingerprint density at radius 2 is 1.70 bits per heavy atom. The van der Waals surface area contributed by atoms with Gasteiger partial charge in [-0.3, -0.25) is 19.3 Å². The standard InChI is InChI=1S/C42H50ClF3N4O3.C2H5N/c1-6-28(29-12-13-38-33(18-29)41(4,5)22-49(38)37-10-8-9-34(43)32(37)21-51)17-30(7-2)48-24-42(25-48)15-16-47(23-42)31-19-35(44)40(36(45)20-31)27(3)11-14-39(53)50(46)26-52;1-3-2/h8-10,12-13,18-21,26-28,30H,6-7,11,14-17,22-25H2,1-5H3;1H2,2H3. The molecule has 2 amide bonds. The van der Waals surface area contributed by atoms with Gasteiger partial charge in [0.15, 0.2) is 6.29 Å². The smallest absolute Gasteiger partial charge is 0.257 e. The van der Waals surface area contributed by atoms with Crippen LogP contribution in [0, 0.1) is 17.0 Å². The van der Waals surface area contributed by atoms with E-state index in [1.165, 1.54) is 23.3 Å². The van der Waals surface area contributed by atoms with Crippen LogP contribution < -0.4 is 9.80 Å². The third kappa shape index (κ3) is 8.84. The summed E-state index contributed by atoms with van der Waals surface area (Å²) >= 11 is 6.41. The third-order valence-electron chi connectivity index (χ3n) is 12.1. The number of likely N-dealkylation sites (tertiary alicyclic amines) is 1. The Morgan fingerprint density at radius 3 is 2.30 bits per heavy atom. The zero-order valence-electron chi connectivity index (χ0n) is 33.5. The van der Waals surface area contributed by atoms with E-state index in [0.29, 0.717) is 34.8 Å². The summed E-state index contributed by atoms with van der Waals surface area (Å²) in [7, 11) is 1.64. The van der Waals surface area contributed by atoms with E-state index in [4.69, 9.17) is 11.6 Å². The number of amides is 2. The van der Waals surface area contributed by atoms with Gasteiger partial charge >= 0.3 is 0 Å². The van der Waals surface area contributed by atoms with Crippen molar-refractivity contribution in [3.05, 3.63) is 87.4 Å². The minimum Gasteiger partial charge on any atom is -0.371 e. The lowest BCUT2D eigenvalue weighted by Gasteiger charge is -2.52. The first kappa shape index (κ1) is 42.9. The maximum atomic E-state index is 15.3. The highest BCUT2D eigenvalue weighted by atomic mass is 35.5. The van der Waals surface area contributed by atoms with Gasteiger partial charge in [0.1, 0.15) is 11.6 Å². The SMILES string of the molecule is C=NC.CCC(CC(CC)N1CC2(CCN(c3cc(F)c(C(C)CCC(=O)N(F)C=O)c(F)c3)C2)C1)c1ccc2c(c1)C(C)(C)CN2c1cccc(Cl)c1C=O. The van der Waals surface area contributed by atoms with Crippen LogP contribution in [0.5, 0.6) is 0 Å². The van der Waals surface area contributed by atoms with Crippen molar-refractivity contribution in [2.24, 2.45) is 10.4 Å². The number of fused-ring (bicyclic) bond motifs is 1. The quantitative estimate of drug-likeness (QED) is 0.0920. The summed E-state index contributed by atoms with van der Waals surface area (Å²) in [4.78, 5) is 44.3. The molecule has 6 rings (SSSR count). The van der Waals surface area contributed by atoms with Crippen molar-refractivity contribution in [2.45, 2.75) is 96.4 Å². The first-order chi connectivity index (χ1) is 26.7. The number of hydrogen-bond acceptors (Lipinski definition) is 7. The second-order valence-corrected chi connectivity index (χ2v) is 16.8. The molecule has 56 heavy (non-hydrogen) atoms. The lowest BCUT2D eigenvalue weighted by atomic mass is 9.76. The van der Waals surface area contributed by atoms with Crippen molar-refractivity contribution in [1.82, 2.24) is 10.0 Å². The molecule has 0 aromatic heterocycles. The predicted octanol–water partition coefficient (Wildman–Crippen LogP) is 9.80. The number of anilines is 3. The number of carbonyl (C=O) groups excluding carboxylic acids is 3. The van der Waals surface area contributed by atoms with Crippen LogP contribution in [0.1, 0.15) is 112 Å². The highest BCUT2D eigenvalue weighted by molar-refractivity contribution is 6.33. The van der Waals surface area contributed by atoms with E-state index >= 15 is 8.78 Å². The monoisotopic (exact) mass is 793 g/mol. The molecule has 3 atom stereocenters. The number of rotatable bonds is 14. The van der Waals surface area contributed by atoms with Crippen LogP contribution in [0.25, 0.3) is 0 Å². The molecule has 12 heteroatoms. The minimum absolute atomic E-state index is 0.0106. The van der Waals surface area contributed by atoms with Crippen molar-refractivity contribution in [2.75, 3.05) is 49.6 Å². The van der Waals surface area contributed by atoms with Crippen molar-refractivity contribution >= 4 is 54.0 Å². The number of benzene rings is 3. The number of carbonyl (C=O) groups is 3. The summed E-state index contributed by atoms with van der Waals surface area (Å²) in [5, 5.41) is -0.0897. The third-order valence-corrected chi connectivity index (χ3v) is 12.4. The number of hydrogen-bond donors (Lipinski definition) is 0. The van der Waals surface area contributed by atoms with Crippen LogP contribution in [0.2, 0.25) is 5.02 Å². The number of nitrogens with zero attached hydrogens (tertiary/aromatic N) is 5. The van der Waals surface area contributed by atoms with E-state index in [1.54, 1.807) is 20.0 Å². The molecule has 3 unspecified atom stereocenters. The first-order valence-electron chi connectivity index (χ1n) is 19.6. The maximum absolute atomic E-state index is 15.3. The highest BCUT2D eigenvalue weighted by Crippen LogP contribution is 2.48. The summed E-state index contributed by atoms with van der Waals surface area (Å²) in [6.07, 6.45) is 4.34. The molecule has 0 saturated carbocycles. The van der Waals surface area contributed by atoms with Gasteiger partial charge in [-0.1, -0.05) is 68.9 Å². The largest absolute Gasteiger partial charge is 0.371 e. The molecule has 2 saturated heterocycles. The molecule has 302 valence electrons. The Morgan fingerprint density at radius 1 is 1.02 bits per heavy atom. The number of imide groups is 1. The van der Waals surface area contributed by atoms with Crippen molar-refractivity contribution in [1.29, 1.82) is 0 Å². The fourth-order valence-electron chi connectivity index (χ4n) is 9.05. The normalized spacial score (nSPS) is 18.3. The lowest BCUT2D eigenvalue weighted by molar-refractivity contribution is -0.154. The van der Waals surface area contributed by atoms with Crippen LogP contribution in [0.4, 0.5) is 30.3 Å². The molecule has 3 heterocycles. The van der Waals surface area contributed by atoms with E-state index in [9.17, 15) is 18.9 Å². The Hall–Kier alpha value is -4.22. The van der Waals surface area contributed by atoms with Gasteiger partial charge in [0.05, 0.1) is 16.3 Å². The molecule has 8 nitrogen and oxygen atoms in total. The van der Waals surface area contributed by atoms with Crippen molar-refractivity contribution < 1.29 is 27.6 Å². The van der Waals surface area contributed by atoms with Crippen LogP contribution in [-0.4, -0.2) is 81.2 Å². The Kier molecular flexibility index (Phi) is 13.7. The Labute approximate surface area is 334 Å². The average molecular weight is 794 g/mol. The van der Waals surface area contributed by atoms with Crippen molar-refractivity contribution in [3.63, 3.8) is 0 Å². The topological polar surface area (TPSA) is 76.5 Å². The molecule has 0 radical (unpaired) electrons. The zero-order valence-corrected chi connectivity index (χ0v) is 34.2. The van der Waals surface area contributed by atoms with Crippen LogP contribution in [0.3, 0.4) is 0 Å². The Balaban J connectivity index is 0.00000194. The van der Waals surface area contributed by atoms with Gasteiger partial charge < -0.3 is 14.8 Å². The van der Waals surface area contributed by atoms with E-state index in [1.807, 2.05) is 12.1 Å². The summed E-state index contributed by atoms with van der Waals surface area (Å²) in [5.74, 6) is -2.69. The van der Waals surface area contributed by atoms with Gasteiger partial charge in [0.2, 0.25) is 6.41 Å². The van der Waals surface area contributed by atoms with Gasteiger partial charge in [-0.2, -0.15) is 0 Å². The zero-order chi connectivity index (χ0) is 40.9. The first-order valence-corrected chi connectivity index (χ1v) is 20.0. The second-order valence-electron chi connectivity index (χ2n) is 16.4. The van der Waals surface area contributed by atoms with Crippen LogP contribution in [0.15, 0.2) is 53.5 Å². The van der Waals surface area contributed by atoms with Crippen LogP contribution in [-0.2, 0) is 15.0 Å². The molecular formula is C44H55ClF3N5O3. The molecule has 0 N–H and O–H groups in total. The minimum atomic E-state index is -1.04. The predicted molar refractivity (Wildman–Crippen MR) is 219 cm³/mol. The maximum Gasteiger partial charge on any atom is 0.257 e. The van der Waals surface area contributed by atoms with E-state index in [-0.39, 0.29) is 35.6 Å². The molecule has 3 aromatic rings. The van der Waals surface area contributed by atoms with Crippen molar-refractivity contribution in [3.8, 4) is 0 Å². The fraction of sp³-hybridized carbons (Fsp3) is 0.500. The van der Waals surface area contributed by atoms with E-state index in [2.05, 4.69) is 72.3 Å².